The minimum absolute atomic E-state index is 0.285. The van der Waals surface area contributed by atoms with Crippen molar-refractivity contribution < 1.29 is 5.11 Å². The van der Waals surface area contributed by atoms with Crippen molar-refractivity contribution in [2.24, 2.45) is 0 Å². The zero-order chi connectivity index (χ0) is 8.97. The monoisotopic (exact) mass is 164 g/mol. The van der Waals surface area contributed by atoms with Crippen molar-refractivity contribution in [1.29, 1.82) is 0 Å². The van der Waals surface area contributed by atoms with Gasteiger partial charge in [0, 0.05) is 6.61 Å². The maximum absolute atomic E-state index is 8.69. The van der Waals surface area contributed by atoms with Crippen molar-refractivity contribution in [3.8, 4) is 0 Å². The first-order chi connectivity index (χ1) is 5.75. The van der Waals surface area contributed by atoms with Crippen LogP contribution in [0.25, 0.3) is 0 Å². The van der Waals surface area contributed by atoms with E-state index in [0.717, 1.165) is 12.8 Å². The topological polar surface area (TPSA) is 20.2 Å². The van der Waals surface area contributed by atoms with Gasteiger partial charge >= 0.3 is 0 Å². The Hall–Kier alpha value is -0.820. The van der Waals surface area contributed by atoms with Crippen LogP contribution in [-0.4, -0.2) is 11.7 Å². The molecule has 0 bridgehead atoms. The lowest BCUT2D eigenvalue weighted by molar-refractivity contribution is 0.288. The van der Waals surface area contributed by atoms with Crippen LogP contribution in [0.3, 0.4) is 0 Å². The SMILES string of the molecule is Cc1cccc(CCCO)c1C. The maximum Gasteiger partial charge on any atom is 0.0434 e. The second-order valence-electron chi connectivity index (χ2n) is 3.19. The lowest BCUT2D eigenvalue weighted by Crippen LogP contribution is -1.94. The van der Waals surface area contributed by atoms with E-state index in [-0.39, 0.29) is 6.61 Å². The summed E-state index contributed by atoms with van der Waals surface area (Å²) in [6.07, 6.45) is 1.86. The predicted octanol–water partition coefficient (Wildman–Crippen LogP) is 2.23. The molecule has 0 heterocycles. The lowest BCUT2D eigenvalue weighted by Gasteiger charge is -2.06. The number of hydrogen-bond acceptors (Lipinski definition) is 1. The molecule has 1 rings (SSSR count). The summed E-state index contributed by atoms with van der Waals surface area (Å²) in [4.78, 5) is 0. The molecule has 0 aliphatic rings. The number of aliphatic hydroxyl groups is 1. The maximum atomic E-state index is 8.69. The van der Waals surface area contributed by atoms with Crippen molar-refractivity contribution >= 4 is 0 Å². The highest BCUT2D eigenvalue weighted by atomic mass is 16.2. The highest BCUT2D eigenvalue weighted by Gasteiger charge is 1.98. The molecule has 0 saturated heterocycles. The predicted molar refractivity (Wildman–Crippen MR) is 51.3 cm³/mol. The van der Waals surface area contributed by atoms with Gasteiger partial charge in [-0.2, -0.15) is 0 Å². The molecule has 0 atom stereocenters. The molecule has 66 valence electrons. The molecule has 0 spiro atoms. The third-order valence-electron chi connectivity index (χ3n) is 2.32. The molecule has 0 fully saturated rings. The Bertz CT molecular complexity index is 253. The average Bonchev–Trinajstić information content (AvgIpc) is 2.08. The first kappa shape index (κ1) is 9.27. The van der Waals surface area contributed by atoms with Crippen LogP contribution in [0.5, 0.6) is 0 Å². The number of aliphatic hydroxyl groups excluding tert-OH is 1. The number of hydrogen-bond donors (Lipinski definition) is 1. The third kappa shape index (κ3) is 2.08. The van der Waals surface area contributed by atoms with Gasteiger partial charge in [-0.25, -0.2) is 0 Å². The van der Waals surface area contributed by atoms with Crippen molar-refractivity contribution in [3.05, 3.63) is 34.9 Å². The summed E-state index contributed by atoms with van der Waals surface area (Å²) in [6.45, 7) is 4.55. The summed E-state index contributed by atoms with van der Waals surface area (Å²) in [5, 5.41) is 8.69. The van der Waals surface area contributed by atoms with Crippen LogP contribution in [0, 0.1) is 13.8 Å². The average molecular weight is 164 g/mol. The molecule has 1 aromatic carbocycles. The van der Waals surface area contributed by atoms with Crippen LogP contribution in [0.2, 0.25) is 0 Å². The molecule has 0 aliphatic carbocycles. The molecule has 1 nitrogen and oxygen atoms in total. The van der Waals surface area contributed by atoms with E-state index in [2.05, 4.69) is 32.0 Å². The van der Waals surface area contributed by atoms with E-state index in [1.807, 2.05) is 0 Å². The molecule has 0 aromatic heterocycles. The van der Waals surface area contributed by atoms with Crippen LogP contribution in [0.15, 0.2) is 18.2 Å². The highest BCUT2D eigenvalue weighted by Crippen LogP contribution is 2.13. The van der Waals surface area contributed by atoms with Crippen molar-refractivity contribution in [1.82, 2.24) is 0 Å². The fourth-order valence-electron chi connectivity index (χ4n) is 1.35. The molecule has 1 N–H and O–H groups in total. The van der Waals surface area contributed by atoms with Gasteiger partial charge in [0.2, 0.25) is 0 Å². The van der Waals surface area contributed by atoms with Crippen molar-refractivity contribution in [2.45, 2.75) is 26.7 Å². The minimum Gasteiger partial charge on any atom is -0.396 e. The fraction of sp³-hybridized carbons (Fsp3) is 0.455. The Morgan fingerprint density at radius 3 is 2.67 bits per heavy atom. The number of benzene rings is 1. The van der Waals surface area contributed by atoms with Gasteiger partial charge in [0.05, 0.1) is 0 Å². The van der Waals surface area contributed by atoms with Gasteiger partial charge in [-0.3, -0.25) is 0 Å². The molecule has 0 saturated carbocycles. The van der Waals surface area contributed by atoms with Gasteiger partial charge in [0.1, 0.15) is 0 Å². The van der Waals surface area contributed by atoms with Crippen LogP contribution in [0.1, 0.15) is 23.1 Å². The quantitative estimate of drug-likeness (QED) is 0.726. The molecule has 0 aliphatic heterocycles. The van der Waals surface area contributed by atoms with E-state index in [1.165, 1.54) is 16.7 Å². The Labute approximate surface area is 74.1 Å². The molecular weight excluding hydrogens is 148 g/mol. The molecule has 12 heavy (non-hydrogen) atoms. The summed E-state index contributed by atoms with van der Waals surface area (Å²) in [5.74, 6) is 0. The van der Waals surface area contributed by atoms with Gasteiger partial charge in [-0.1, -0.05) is 18.2 Å². The van der Waals surface area contributed by atoms with E-state index in [1.54, 1.807) is 0 Å². The van der Waals surface area contributed by atoms with Crippen LogP contribution >= 0.6 is 0 Å². The summed E-state index contributed by atoms with van der Waals surface area (Å²) in [5.41, 5.74) is 4.07. The molecule has 0 amide bonds. The van der Waals surface area contributed by atoms with Gasteiger partial charge in [-0.05, 0) is 43.4 Å². The zero-order valence-corrected chi connectivity index (χ0v) is 7.80. The van der Waals surface area contributed by atoms with Crippen LogP contribution in [-0.2, 0) is 6.42 Å². The summed E-state index contributed by atoms with van der Waals surface area (Å²) in [6, 6.07) is 6.34. The Morgan fingerprint density at radius 1 is 1.25 bits per heavy atom. The molecule has 0 radical (unpaired) electrons. The van der Waals surface area contributed by atoms with Gasteiger partial charge in [0.15, 0.2) is 0 Å². The second-order valence-corrected chi connectivity index (χ2v) is 3.19. The summed E-state index contributed by atoms with van der Waals surface area (Å²) in [7, 11) is 0. The molecule has 1 aromatic rings. The lowest BCUT2D eigenvalue weighted by atomic mass is 10.00. The van der Waals surface area contributed by atoms with Crippen molar-refractivity contribution in [2.75, 3.05) is 6.61 Å². The van der Waals surface area contributed by atoms with E-state index in [0.29, 0.717) is 0 Å². The van der Waals surface area contributed by atoms with Gasteiger partial charge in [-0.15, -0.1) is 0 Å². The largest absolute Gasteiger partial charge is 0.396 e. The Morgan fingerprint density at radius 2 is 2.00 bits per heavy atom. The molecule has 1 heteroatoms. The normalized spacial score (nSPS) is 10.2. The standard InChI is InChI=1S/C11H16O/c1-9-5-3-6-11(10(9)2)7-4-8-12/h3,5-6,12H,4,7-8H2,1-2H3. The summed E-state index contributed by atoms with van der Waals surface area (Å²) < 4.78 is 0. The van der Waals surface area contributed by atoms with Crippen molar-refractivity contribution in [3.63, 3.8) is 0 Å². The van der Waals surface area contributed by atoms with Gasteiger partial charge in [0.25, 0.3) is 0 Å². The van der Waals surface area contributed by atoms with E-state index < -0.39 is 0 Å². The molecule has 0 unspecified atom stereocenters. The van der Waals surface area contributed by atoms with Gasteiger partial charge < -0.3 is 5.11 Å². The third-order valence-corrected chi connectivity index (χ3v) is 2.32. The van der Waals surface area contributed by atoms with E-state index >= 15 is 0 Å². The highest BCUT2D eigenvalue weighted by molar-refractivity contribution is 5.33. The number of rotatable bonds is 3. The zero-order valence-electron chi connectivity index (χ0n) is 7.80. The second kappa shape index (κ2) is 4.27. The summed E-state index contributed by atoms with van der Waals surface area (Å²) >= 11 is 0. The molecular formula is C11H16O. The smallest absolute Gasteiger partial charge is 0.0434 e. The fourth-order valence-corrected chi connectivity index (χ4v) is 1.35. The van der Waals surface area contributed by atoms with Crippen LogP contribution < -0.4 is 0 Å². The van der Waals surface area contributed by atoms with E-state index in [9.17, 15) is 0 Å². The minimum atomic E-state index is 0.285. The Kier molecular flexibility index (Phi) is 3.30. The first-order valence-corrected chi connectivity index (χ1v) is 4.41. The van der Waals surface area contributed by atoms with Crippen LogP contribution in [0.4, 0.5) is 0 Å². The number of aryl methyl sites for hydroxylation is 2. The first-order valence-electron chi connectivity index (χ1n) is 4.41. The Balaban J connectivity index is 2.78. The van der Waals surface area contributed by atoms with E-state index in [4.69, 9.17) is 5.11 Å².